The van der Waals surface area contributed by atoms with Crippen LogP contribution < -0.4 is 10.5 Å². The summed E-state index contributed by atoms with van der Waals surface area (Å²) in [5, 5.41) is 6.59. The number of aromatic amines is 1. The summed E-state index contributed by atoms with van der Waals surface area (Å²) in [4.78, 5) is 3.78. The van der Waals surface area contributed by atoms with Crippen molar-refractivity contribution < 1.29 is 9.13 Å². The van der Waals surface area contributed by atoms with Gasteiger partial charge in [-0.2, -0.15) is 5.10 Å². The number of nitrogens with one attached hydrogen (secondary N) is 1. The lowest BCUT2D eigenvalue weighted by Gasteiger charge is -2.04. The maximum Gasteiger partial charge on any atom is 0.213 e. The van der Waals surface area contributed by atoms with E-state index in [0.29, 0.717) is 30.1 Å². The quantitative estimate of drug-likeness (QED) is 0.839. The van der Waals surface area contributed by atoms with Gasteiger partial charge in [0, 0.05) is 17.8 Å². The molecule has 2 rings (SSSR count). The lowest BCUT2D eigenvalue weighted by molar-refractivity contribution is 0.394. The van der Waals surface area contributed by atoms with Crippen molar-refractivity contribution in [1.82, 2.24) is 15.2 Å². The van der Waals surface area contributed by atoms with Crippen LogP contribution in [0.15, 0.2) is 18.3 Å². The highest BCUT2D eigenvalue weighted by Crippen LogP contribution is 2.15. The summed E-state index contributed by atoms with van der Waals surface area (Å²) in [6, 6.07) is 3.32. The lowest BCUT2D eigenvalue weighted by atomic mass is 10.1. The predicted octanol–water partition coefficient (Wildman–Crippen LogP) is 1.32. The number of nitrogens with two attached hydrogens (primary N) is 1. The summed E-state index contributed by atoms with van der Waals surface area (Å²) in [5.41, 5.74) is 6.91. The number of nitrogen functional groups attached to an aromatic ring is 1. The number of rotatable bonds is 4. The Morgan fingerprint density at radius 2 is 2.24 bits per heavy atom. The fourth-order valence-corrected chi connectivity index (χ4v) is 1.54. The van der Waals surface area contributed by atoms with Crippen molar-refractivity contribution in [2.75, 3.05) is 12.8 Å². The van der Waals surface area contributed by atoms with Crippen LogP contribution in [0.1, 0.15) is 11.3 Å². The number of halogens is 1. The van der Waals surface area contributed by atoms with Crippen LogP contribution in [0.2, 0.25) is 0 Å². The van der Waals surface area contributed by atoms with Crippen molar-refractivity contribution in [3.05, 3.63) is 35.4 Å². The molecule has 5 nitrogen and oxygen atoms in total. The number of ether oxygens (including phenoxy) is 1. The Bertz CT molecular complexity index is 512. The van der Waals surface area contributed by atoms with Crippen molar-refractivity contribution in [2.24, 2.45) is 0 Å². The van der Waals surface area contributed by atoms with Crippen LogP contribution in [0.4, 0.5) is 10.2 Å². The molecule has 0 saturated carbocycles. The molecule has 0 amide bonds. The van der Waals surface area contributed by atoms with E-state index in [-0.39, 0.29) is 5.82 Å². The molecule has 0 saturated heterocycles. The first-order valence-electron chi connectivity index (χ1n) is 5.17. The highest BCUT2D eigenvalue weighted by molar-refractivity contribution is 5.29. The molecule has 0 bridgehead atoms. The topological polar surface area (TPSA) is 76.8 Å². The van der Waals surface area contributed by atoms with E-state index < -0.39 is 0 Å². The van der Waals surface area contributed by atoms with Crippen molar-refractivity contribution >= 4 is 5.82 Å². The molecule has 0 aromatic carbocycles. The number of anilines is 1. The zero-order chi connectivity index (χ0) is 12.3. The van der Waals surface area contributed by atoms with Crippen LogP contribution in [0.5, 0.6) is 5.88 Å². The first-order chi connectivity index (χ1) is 8.19. The molecule has 0 unspecified atom stereocenters. The molecule has 17 heavy (non-hydrogen) atoms. The number of hydrogen-bond donors (Lipinski definition) is 2. The summed E-state index contributed by atoms with van der Waals surface area (Å²) in [6.07, 6.45) is 2.33. The van der Waals surface area contributed by atoms with Gasteiger partial charge in [0.1, 0.15) is 11.6 Å². The molecule has 0 aliphatic heterocycles. The smallest absolute Gasteiger partial charge is 0.213 e. The van der Waals surface area contributed by atoms with Gasteiger partial charge in [0.15, 0.2) is 0 Å². The van der Waals surface area contributed by atoms with E-state index in [0.717, 1.165) is 11.9 Å². The first kappa shape index (κ1) is 11.4. The minimum atomic E-state index is -0.335. The van der Waals surface area contributed by atoms with Gasteiger partial charge in [0.25, 0.3) is 0 Å². The van der Waals surface area contributed by atoms with Crippen LogP contribution in [0.25, 0.3) is 0 Å². The standard InChI is InChI=1S/C11H13FN4O/c1-17-11-4-7(9(12)6-14-11)2-3-8-5-10(13)16-15-8/h4-6H,2-3H2,1H3,(H3,13,15,16). The Balaban J connectivity index is 2.07. The van der Waals surface area contributed by atoms with Gasteiger partial charge in [-0.05, 0) is 18.4 Å². The molecule has 0 radical (unpaired) electrons. The summed E-state index contributed by atoms with van der Waals surface area (Å²) >= 11 is 0. The second-order valence-corrected chi connectivity index (χ2v) is 3.64. The Morgan fingerprint density at radius 1 is 1.41 bits per heavy atom. The van der Waals surface area contributed by atoms with Gasteiger partial charge in [-0.25, -0.2) is 9.37 Å². The zero-order valence-electron chi connectivity index (χ0n) is 9.40. The molecule has 2 heterocycles. The van der Waals surface area contributed by atoms with Crippen molar-refractivity contribution in [3.8, 4) is 5.88 Å². The third-order valence-corrected chi connectivity index (χ3v) is 2.43. The van der Waals surface area contributed by atoms with E-state index in [1.54, 1.807) is 12.1 Å². The predicted molar refractivity (Wildman–Crippen MR) is 61.2 cm³/mol. The first-order valence-corrected chi connectivity index (χ1v) is 5.17. The number of H-pyrrole nitrogens is 1. The number of aromatic nitrogens is 3. The number of pyridine rings is 1. The number of aryl methyl sites for hydroxylation is 2. The SMILES string of the molecule is COc1cc(CCc2cc(N)n[nH]2)c(F)cn1. The van der Waals surface area contributed by atoms with Gasteiger partial charge in [0.05, 0.1) is 13.3 Å². The van der Waals surface area contributed by atoms with E-state index in [1.807, 2.05) is 0 Å². The maximum absolute atomic E-state index is 13.4. The minimum absolute atomic E-state index is 0.335. The number of hydrogen-bond acceptors (Lipinski definition) is 4. The van der Waals surface area contributed by atoms with E-state index in [4.69, 9.17) is 10.5 Å². The van der Waals surface area contributed by atoms with E-state index in [2.05, 4.69) is 15.2 Å². The zero-order valence-corrected chi connectivity index (χ0v) is 9.40. The van der Waals surface area contributed by atoms with Gasteiger partial charge in [-0.15, -0.1) is 0 Å². The summed E-state index contributed by atoms with van der Waals surface area (Å²) < 4.78 is 18.4. The fraction of sp³-hybridized carbons (Fsp3) is 0.273. The second kappa shape index (κ2) is 4.82. The Kier molecular flexibility index (Phi) is 3.22. The van der Waals surface area contributed by atoms with Crippen molar-refractivity contribution in [2.45, 2.75) is 12.8 Å². The third-order valence-electron chi connectivity index (χ3n) is 2.43. The molecule has 0 atom stereocenters. The molecule has 6 heteroatoms. The number of methoxy groups -OCH3 is 1. The van der Waals surface area contributed by atoms with Crippen molar-refractivity contribution in [3.63, 3.8) is 0 Å². The average molecular weight is 236 g/mol. The number of nitrogens with zero attached hydrogens (tertiary/aromatic N) is 2. The third kappa shape index (κ3) is 2.72. The molecule has 0 fully saturated rings. The summed E-state index contributed by atoms with van der Waals surface area (Å²) in [6.45, 7) is 0. The normalized spacial score (nSPS) is 10.5. The molecule has 0 aliphatic carbocycles. The average Bonchev–Trinajstić information content (AvgIpc) is 2.74. The molecule has 2 aromatic rings. The summed E-state index contributed by atoms with van der Waals surface area (Å²) in [5.74, 6) is 0.511. The Morgan fingerprint density at radius 3 is 2.88 bits per heavy atom. The van der Waals surface area contributed by atoms with Crippen LogP contribution in [-0.2, 0) is 12.8 Å². The van der Waals surface area contributed by atoms with Crippen LogP contribution in [-0.4, -0.2) is 22.3 Å². The van der Waals surface area contributed by atoms with Crippen LogP contribution >= 0.6 is 0 Å². The molecular formula is C11H13FN4O. The Labute approximate surface area is 97.8 Å². The molecule has 90 valence electrons. The van der Waals surface area contributed by atoms with Gasteiger partial charge in [-0.1, -0.05) is 0 Å². The fourth-order valence-electron chi connectivity index (χ4n) is 1.54. The summed E-state index contributed by atoms with van der Waals surface area (Å²) in [7, 11) is 1.50. The maximum atomic E-state index is 13.4. The van der Waals surface area contributed by atoms with Gasteiger partial charge in [0.2, 0.25) is 5.88 Å². The van der Waals surface area contributed by atoms with E-state index >= 15 is 0 Å². The van der Waals surface area contributed by atoms with E-state index in [9.17, 15) is 4.39 Å². The van der Waals surface area contributed by atoms with Gasteiger partial charge < -0.3 is 10.5 Å². The Hall–Kier alpha value is -2.11. The highest BCUT2D eigenvalue weighted by Gasteiger charge is 2.06. The van der Waals surface area contributed by atoms with Crippen molar-refractivity contribution in [1.29, 1.82) is 0 Å². The largest absolute Gasteiger partial charge is 0.481 e. The molecule has 2 aromatic heterocycles. The monoisotopic (exact) mass is 236 g/mol. The van der Waals surface area contributed by atoms with E-state index in [1.165, 1.54) is 7.11 Å². The second-order valence-electron chi connectivity index (χ2n) is 3.64. The minimum Gasteiger partial charge on any atom is -0.481 e. The van der Waals surface area contributed by atoms with Crippen LogP contribution in [0, 0.1) is 5.82 Å². The van der Waals surface area contributed by atoms with Crippen LogP contribution in [0.3, 0.4) is 0 Å². The molecule has 0 aliphatic rings. The van der Waals surface area contributed by atoms with Gasteiger partial charge >= 0.3 is 0 Å². The molecular weight excluding hydrogens is 223 g/mol. The highest BCUT2D eigenvalue weighted by atomic mass is 19.1. The molecule has 0 spiro atoms. The molecule has 3 N–H and O–H groups in total. The lowest BCUT2D eigenvalue weighted by Crippen LogP contribution is -1.98. The van der Waals surface area contributed by atoms with Gasteiger partial charge in [-0.3, -0.25) is 5.10 Å².